The summed E-state index contributed by atoms with van der Waals surface area (Å²) < 4.78 is 0. The molecule has 0 bridgehead atoms. The molecule has 162 valence electrons. The molecule has 1 aliphatic rings. The van der Waals surface area contributed by atoms with E-state index in [2.05, 4.69) is 10.6 Å². The van der Waals surface area contributed by atoms with E-state index < -0.39 is 6.04 Å². The number of amides is 4. The summed E-state index contributed by atoms with van der Waals surface area (Å²) in [4.78, 5) is 50.1. The van der Waals surface area contributed by atoms with E-state index in [0.29, 0.717) is 11.3 Å². The van der Waals surface area contributed by atoms with Gasteiger partial charge in [-0.2, -0.15) is 0 Å². The van der Waals surface area contributed by atoms with Crippen LogP contribution in [-0.4, -0.2) is 39.7 Å². The molecule has 2 aromatic rings. The Morgan fingerprint density at radius 3 is 2.39 bits per heavy atom. The summed E-state index contributed by atoms with van der Waals surface area (Å²) in [5.41, 5.74) is 2.83. The Kier molecular flexibility index (Phi) is 7.12. The van der Waals surface area contributed by atoms with Crippen LogP contribution in [0.25, 0.3) is 0 Å². The molecule has 0 aromatic heterocycles. The zero-order chi connectivity index (χ0) is 22.5. The fourth-order valence-corrected chi connectivity index (χ4v) is 3.90. The van der Waals surface area contributed by atoms with Gasteiger partial charge in [-0.3, -0.25) is 24.1 Å². The fourth-order valence-electron chi connectivity index (χ4n) is 3.18. The van der Waals surface area contributed by atoms with Crippen LogP contribution in [0, 0.1) is 12.8 Å². The molecule has 7 nitrogen and oxygen atoms in total. The molecule has 31 heavy (non-hydrogen) atoms. The number of nitrogens with one attached hydrogen (secondary N) is 2. The highest BCUT2D eigenvalue weighted by Gasteiger charge is 2.29. The van der Waals surface area contributed by atoms with Crippen molar-refractivity contribution < 1.29 is 19.2 Å². The third kappa shape index (κ3) is 5.73. The van der Waals surface area contributed by atoms with Gasteiger partial charge in [0.1, 0.15) is 6.04 Å². The fraction of sp³-hybridized carbons (Fsp3) is 0.304. The molecule has 1 atom stereocenters. The number of aryl methyl sites for hydroxylation is 1. The lowest BCUT2D eigenvalue weighted by Gasteiger charge is -2.22. The van der Waals surface area contributed by atoms with Gasteiger partial charge in [-0.1, -0.05) is 55.4 Å². The lowest BCUT2D eigenvalue weighted by molar-refractivity contribution is -0.125. The van der Waals surface area contributed by atoms with Crippen LogP contribution in [0.5, 0.6) is 0 Å². The maximum atomic E-state index is 12.8. The molecule has 1 unspecified atom stereocenters. The van der Waals surface area contributed by atoms with Gasteiger partial charge in [0, 0.05) is 11.3 Å². The average molecular weight is 440 g/mol. The lowest BCUT2D eigenvalue weighted by atomic mass is 10.0. The Morgan fingerprint density at radius 1 is 1.10 bits per heavy atom. The second-order valence-corrected chi connectivity index (χ2v) is 8.71. The number of hydrogen-bond donors (Lipinski definition) is 2. The number of benzene rings is 2. The van der Waals surface area contributed by atoms with Crippen molar-refractivity contribution in [1.82, 2.24) is 10.2 Å². The number of imide groups is 1. The summed E-state index contributed by atoms with van der Waals surface area (Å²) in [6.07, 6.45) is 0. The van der Waals surface area contributed by atoms with Crippen molar-refractivity contribution in [3.63, 3.8) is 0 Å². The van der Waals surface area contributed by atoms with Gasteiger partial charge in [-0.25, -0.2) is 0 Å². The van der Waals surface area contributed by atoms with Gasteiger partial charge in [-0.05, 0) is 42.7 Å². The highest BCUT2D eigenvalue weighted by molar-refractivity contribution is 8.14. The predicted octanol–water partition coefficient (Wildman–Crippen LogP) is 3.58. The topological polar surface area (TPSA) is 95.6 Å². The molecule has 4 amide bonds. The molecule has 2 N–H and O–H groups in total. The number of hydrogen-bond acceptors (Lipinski definition) is 5. The molecule has 1 saturated heterocycles. The van der Waals surface area contributed by atoms with Gasteiger partial charge < -0.3 is 10.6 Å². The minimum atomic E-state index is -0.704. The zero-order valence-electron chi connectivity index (χ0n) is 17.7. The van der Waals surface area contributed by atoms with E-state index in [-0.39, 0.29) is 41.2 Å². The Morgan fingerprint density at radius 2 is 1.81 bits per heavy atom. The van der Waals surface area contributed by atoms with E-state index in [1.807, 2.05) is 26.8 Å². The Balaban J connectivity index is 1.63. The normalized spacial score (nSPS) is 14.6. The molecule has 0 radical (unpaired) electrons. The molecule has 0 spiro atoms. The second kappa shape index (κ2) is 9.78. The van der Waals surface area contributed by atoms with E-state index in [1.165, 1.54) is 4.90 Å². The first-order chi connectivity index (χ1) is 14.7. The third-order valence-corrected chi connectivity index (χ3v) is 5.78. The van der Waals surface area contributed by atoms with Gasteiger partial charge >= 0.3 is 0 Å². The van der Waals surface area contributed by atoms with Gasteiger partial charge in [0.25, 0.3) is 11.1 Å². The Hall–Kier alpha value is -3.13. The summed E-state index contributed by atoms with van der Waals surface area (Å²) in [7, 11) is 0. The first-order valence-corrected chi connectivity index (χ1v) is 11.0. The van der Waals surface area contributed by atoms with E-state index >= 15 is 0 Å². The SMILES string of the molecule is Cc1cccc(C(=O)NC(C(=O)Nc2ccc(CN3C(=O)CSC3=O)cc2)C(C)C)c1. The molecular formula is C23H25N3O4S. The van der Waals surface area contributed by atoms with Crippen LogP contribution in [0.15, 0.2) is 48.5 Å². The van der Waals surface area contributed by atoms with Crippen molar-refractivity contribution in [2.45, 2.75) is 33.4 Å². The molecule has 1 fully saturated rings. The molecule has 3 rings (SSSR count). The number of carbonyl (C=O) groups excluding carboxylic acids is 4. The lowest BCUT2D eigenvalue weighted by Crippen LogP contribution is -2.47. The van der Waals surface area contributed by atoms with E-state index in [4.69, 9.17) is 0 Å². The van der Waals surface area contributed by atoms with Crippen molar-refractivity contribution in [3.8, 4) is 0 Å². The molecule has 8 heteroatoms. The number of carbonyl (C=O) groups is 4. The quantitative estimate of drug-likeness (QED) is 0.688. The summed E-state index contributed by atoms with van der Waals surface area (Å²) in [5, 5.41) is 5.40. The summed E-state index contributed by atoms with van der Waals surface area (Å²) >= 11 is 1.000. The van der Waals surface area contributed by atoms with Gasteiger partial charge in [-0.15, -0.1) is 0 Å². The third-order valence-electron chi connectivity index (χ3n) is 4.92. The molecular weight excluding hydrogens is 414 g/mol. The molecule has 0 aliphatic carbocycles. The van der Waals surface area contributed by atoms with Gasteiger partial charge in [0.2, 0.25) is 11.8 Å². The second-order valence-electron chi connectivity index (χ2n) is 7.79. The Bertz CT molecular complexity index is 988. The largest absolute Gasteiger partial charge is 0.340 e. The van der Waals surface area contributed by atoms with Crippen LogP contribution in [0.3, 0.4) is 0 Å². The van der Waals surface area contributed by atoms with Gasteiger partial charge in [0.15, 0.2) is 0 Å². The van der Waals surface area contributed by atoms with Crippen LogP contribution in [0.2, 0.25) is 0 Å². The van der Waals surface area contributed by atoms with Crippen LogP contribution in [-0.2, 0) is 16.1 Å². The number of thioether (sulfide) groups is 1. The van der Waals surface area contributed by atoms with Crippen molar-refractivity contribution in [1.29, 1.82) is 0 Å². The van der Waals surface area contributed by atoms with Crippen LogP contribution in [0.4, 0.5) is 10.5 Å². The Labute approximate surface area is 185 Å². The number of nitrogens with zero attached hydrogens (tertiary/aromatic N) is 1. The summed E-state index contributed by atoms with van der Waals surface area (Å²) in [5.74, 6) is -0.748. The van der Waals surface area contributed by atoms with Gasteiger partial charge in [0.05, 0.1) is 12.3 Å². The molecule has 0 saturated carbocycles. The van der Waals surface area contributed by atoms with Crippen LogP contribution in [0.1, 0.15) is 35.3 Å². The summed E-state index contributed by atoms with van der Waals surface area (Å²) in [6.45, 7) is 5.85. The van der Waals surface area contributed by atoms with Crippen molar-refractivity contribution in [3.05, 3.63) is 65.2 Å². The molecule has 1 heterocycles. The standard InChI is InChI=1S/C23H25N3O4S/c1-14(2)20(25-21(28)17-6-4-5-15(3)11-17)22(29)24-18-9-7-16(8-10-18)12-26-19(27)13-31-23(26)30/h4-11,14,20H,12-13H2,1-3H3,(H,24,29)(H,25,28). The molecule has 1 aliphatic heterocycles. The van der Waals surface area contributed by atoms with Crippen molar-refractivity contribution >= 4 is 40.4 Å². The maximum absolute atomic E-state index is 12.8. The number of rotatable bonds is 7. The number of anilines is 1. The minimum absolute atomic E-state index is 0.113. The van der Waals surface area contributed by atoms with Crippen molar-refractivity contribution in [2.24, 2.45) is 5.92 Å². The van der Waals surface area contributed by atoms with Crippen LogP contribution < -0.4 is 10.6 Å². The first kappa shape index (κ1) is 22.6. The smallest absolute Gasteiger partial charge is 0.289 e. The van der Waals surface area contributed by atoms with E-state index in [1.54, 1.807) is 42.5 Å². The highest BCUT2D eigenvalue weighted by atomic mass is 32.2. The first-order valence-electron chi connectivity index (χ1n) is 9.99. The zero-order valence-corrected chi connectivity index (χ0v) is 18.5. The highest BCUT2D eigenvalue weighted by Crippen LogP contribution is 2.22. The molecule has 2 aromatic carbocycles. The van der Waals surface area contributed by atoms with Crippen LogP contribution >= 0.6 is 11.8 Å². The minimum Gasteiger partial charge on any atom is -0.340 e. The maximum Gasteiger partial charge on any atom is 0.289 e. The van der Waals surface area contributed by atoms with E-state index in [9.17, 15) is 19.2 Å². The van der Waals surface area contributed by atoms with E-state index in [0.717, 1.165) is 22.9 Å². The predicted molar refractivity (Wildman–Crippen MR) is 121 cm³/mol. The van der Waals surface area contributed by atoms with Crippen molar-refractivity contribution in [2.75, 3.05) is 11.1 Å². The summed E-state index contributed by atoms with van der Waals surface area (Å²) in [6, 6.07) is 13.4. The monoisotopic (exact) mass is 439 g/mol. The average Bonchev–Trinajstić information content (AvgIpc) is 3.05.